The first-order chi connectivity index (χ1) is 11.6. The average Bonchev–Trinajstić information content (AvgIpc) is 3.00. The van der Waals surface area contributed by atoms with E-state index in [9.17, 15) is 0 Å². The van der Waals surface area contributed by atoms with Crippen molar-refractivity contribution in [2.75, 3.05) is 0 Å². The molecule has 0 aromatic heterocycles. The van der Waals surface area contributed by atoms with Gasteiger partial charge in [-0.3, -0.25) is 0 Å². The van der Waals surface area contributed by atoms with Crippen LogP contribution in [0.1, 0.15) is 72.6 Å². The summed E-state index contributed by atoms with van der Waals surface area (Å²) in [7, 11) is -1.26. The zero-order valence-corrected chi connectivity index (χ0v) is 19.0. The van der Waals surface area contributed by atoms with Crippen molar-refractivity contribution in [3.05, 3.63) is 0 Å². The minimum Gasteiger partial charge on any atom is -0.318 e. The van der Waals surface area contributed by atoms with Gasteiger partial charge in [0.1, 0.15) is 8.24 Å². The van der Waals surface area contributed by atoms with Crippen LogP contribution < -0.4 is 0 Å². The van der Waals surface area contributed by atoms with E-state index in [0.717, 1.165) is 47.6 Å². The summed E-state index contributed by atoms with van der Waals surface area (Å²) in [5.74, 6) is 6.07. The van der Waals surface area contributed by atoms with Crippen LogP contribution in [0.25, 0.3) is 0 Å². The van der Waals surface area contributed by atoms with Crippen LogP contribution in [0.3, 0.4) is 0 Å². The normalized spacial score (nSPS) is 48.1. The zero-order valence-electron chi connectivity index (χ0n) is 18.0. The summed E-state index contributed by atoms with van der Waals surface area (Å²) in [6, 6.07) is 1.89. The van der Waals surface area contributed by atoms with Gasteiger partial charge in [-0.15, -0.1) is 0 Å². The van der Waals surface area contributed by atoms with Gasteiger partial charge in [0, 0.05) is 12.1 Å². The van der Waals surface area contributed by atoms with E-state index < -0.39 is 8.24 Å². The molecule has 0 spiro atoms. The Morgan fingerprint density at radius 1 is 0.840 bits per heavy atom. The van der Waals surface area contributed by atoms with Gasteiger partial charge in [0.25, 0.3) is 0 Å². The molecule has 4 aliphatic rings. The van der Waals surface area contributed by atoms with Crippen LogP contribution in [-0.4, -0.2) is 24.9 Å². The van der Waals surface area contributed by atoms with Crippen molar-refractivity contribution in [1.82, 2.24) is 4.57 Å². The van der Waals surface area contributed by atoms with Crippen LogP contribution in [-0.2, 0) is 0 Å². The molecule has 25 heavy (non-hydrogen) atoms. The van der Waals surface area contributed by atoms with Crippen molar-refractivity contribution >= 4 is 8.24 Å². The lowest BCUT2D eigenvalue weighted by Gasteiger charge is -2.48. The smallest absolute Gasteiger partial charge is 0.119 e. The van der Waals surface area contributed by atoms with Gasteiger partial charge in [-0.1, -0.05) is 60.2 Å². The lowest BCUT2D eigenvalue weighted by molar-refractivity contribution is 0.0779. The summed E-state index contributed by atoms with van der Waals surface area (Å²) < 4.78 is 3.22. The highest BCUT2D eigenvalue weighted by Crippen LogP contribution is 2.62. The average molecular weight is 362 g/mol. The molecule has 8 atom stereocenters. The molecule has 0 N–H and O–H groups in total. The zero-order chi connectivity index (χ0) is 18.1. The fourth-order valence-electron chi connectivity index (χ4n) is 8.08. The predicted octanol–water partition coefficient (Wildman–Crippen LogP) is 6.41. The number of nitrogens with zero attached hydrogens (tertiary/aromatic N) is 1. The summed E-state index contributed by atoms with van der Waals surface area (Å²) in [5.41, 5.74) is 0.502. The maximum atomic E-state index is 3.22. The van der Waals surface area contributed by atoms with E-state index in [1.807, 2.05) is 0 Å². The molecule has 1 nitrogen and oxygen atoms in total. The third-order valence-corrected chi connectivity index (χ3v) is 11.2. The molecule has 0 radical (unpaired) electrons. The lowest BCUT2D eigenvalue weighted by Crippen LogP contribution is -2.56. The monoisotopic (exact) mass is 361 g/mol. The van der Waals surface area contributed by atoms with E-state index in [4.69, 9.17) is 0 Å². The van der Waals surface area contributed by atoms with E-state index in [-0.39, 0.29) is 0 Å². The minimum absolute atomic E-state index is 0.502. The number of fused-ring (bicyclic) bond motifs is 5. The Balaban J connectivity index is 1.69. The summed E-state index contributed by atoms with van der Waals surface area (Å²) in [5, 5.41) is 0. The Morgan fingerprint density at radius 2 is 1.48 bits per heavy atom. The van der Waals surface area contributed by atoms with E-state index in [0.29, 0.717) is 5.41 Å². The second-order valence-corrected chi connectivity index (χ2v) is 17.1. The Morgan fingerprint density at radius 3 is 2.08 bits per heavy atom. The van der Waals surface area contributed by atoms with Gasteiger partial charge in [0.05, 0.1) is 0 Å². The van der Waals surface area contributed by atoms with E-state index in [1.165, 1.54) is 32.1 Å². The van der Waals surface area contributed by atoms with Gasteiger partial charge in [-0.05, 0) is 73.0 Å². The first kappa shape index (κ1) is 18.5. The number of hydrogen-bond donors (Lipinski definition) is 0. The van der Waals surface area contributed by atoms with Crippen LogP contribution in [0.4, 0.5) is 0 Å². The summed E-state index contributed by atoms with van der Waals surface area (Å²) in [6.07, 6.45) is 10.6. The Bertz CT molecular complexity index is 501. The van der Waals surface area contributed by atoms with Crippen LogP contribution in [0.2, 0.25) is 19.6 Å². The molecule has 0 aromatic carbocycles. The summed E-state index contributed by atoms with van der Waals surface area (Å²) in [6.45, 7) is 18.1. The second-order valence-electron chi connectivity index (χ2n) is 12.2. The molecule has 8 unspecified atom stereocenters. The van der Waals surface area contributed by atoms with E-state index in [1.54, 1.807) is 12.8 Å². The number of rotatable bonds is 1. The Kier molecular flexibility index (Phi) is 4.52. The van der Waals surface area contributed by atoms with Crippen LogP contribution in [0.15, 0.2) is 0 Å². The van der Waals surface area contributed by atoms with Gasteiger partial charge >= 0.3 is 0 Å². The summed E-state index contributed by atoms with van der Waals surface area (Å²) >= 11 is 0. The lowest BCUT2D eigenvalue weighted by atomic mass is 9.64. The molecule has 1 aliphatic heterocycles. The molecular weight excluding hydrogens is 318 g/mol. The van der Waals surface area contributed by atoms with Gasteiger partial charge in [0.2, 0.25) is 0 Å². The van der Waals surface area contributed by atoms with Gasteiger partial charge < -0.3 is 4.57 Å². The maximum absolute atomic E-state index is 3.22. The van der Waals surface area contributed by atoms with Crippen LogP contribution in [0, 0.1) is 40.9 Å². The van der Waals surface area contributed by atoms with Crippen molar-refractivity contribution < 1.29 is 0 Å². The Labute approximate surface area is 158 Å². The van der Waals surface area contributed by atoms with Crippen molar-refractivity contribution in [3.8, 4) is 0 Å². The van der Waals surface area contributed by atoms with Gasteiger partial charge in [-0.2, -0.15) is 0 Å². The van der Waals surface area contributed by atoms with Crippen LogP contribution >= 0.6 is 0 Å². The molecule has 1 heterocycles. The van der Waals surface area contributed by atoms with E-state index >= 15 is 0 Å². The standard InChI is InChI=1S/C23H43NSi/c1-15-17-10-8-9-11-18(17)22-21(15)19-14-16(23(2,3)4)12-13-20(19)24(22)25(5,6)7/h15-22H,8-14H2,1-7H3. The molecular formula is C23H43NSi. The molecule has 0 amide bonds. The second kappa shape index (κ2) is 6.09. The van der Waals surface area contributed by atoms with Crippen LogP contribution in [0.5, 0.6) is 0 Å². The minimum atomic E-state index is -1.26. The fourth-order valence-corrected chi connectivity index (χ4v) is 10.7. The molecule has 3 saturated carbocycles. The van der Waals surface area contributed by atoms with Gasteiger partial charge in [-0.25, -0.2) is 0 Å². The number of hydrogen-bond acceptors (Lipinski definition) is 1. The van der Waals surface area contributed by atoms with E-state index in [2.05, 4.69) is 51.9 Å². The summed E-state index contributed by atoms with van der Waals surface area (Å²) in [4.78, 5) is 0. The topological polar surface area (TPSA) is 3.24 Å². The molecule has 4 rings (SSSR count). The third-order valence-electron chi connectivity index (χ3n) is 9.02. The van der Waals surface area contributed by atoms with Gasteiger partial charge in [0.15, 0.2) is 0 Å². The first-order valence-electron chi connectivity index (χ1n) is 11.4. The molecule has 0 aromatic rings. The fraction of sp³-hybridized carbons (Fsp3) is 1.00. The molecule has 144 valence electrons. The highest BCUT2D eigenvalue weighted by molar-refractivity contribution is 6.73. The van der Waals surface area contributed by atoms with Crippen molar-refractivity contribution in [2.24, 2.45) is 40.9 Å². The Hall–Kier alpha value is 0.177. The van der Waals surface area contributed by atoms with Crippen molar-refractivity contribution in [1.29, 1.82) is 0 Å². The molecule has 4 fully saturated rings. The largest absolute Gasteiger partial charge is 0.318 e. The maximum Gasteiger partial charge on any atom is 0.119 e. The molecule has 3 aliphatic carbocycles. The third kappa shape index (κ3) is 2.89. The first-order valence-corrected chi connectivity index (χ1v) is 14.8. The highest BCUT2D eigenvalue weighted by atomic mass is 28.3. The highest BCUT2D eigenvalue weighted by Gasteiger charge is 2.63. The SMILES string of the molecule is CC1C2CCCCC2C2C1C1CC(C(C)(C)C)CCC1N2[Si](C)(C)C. The molecule has 2 heteroatoms. The van der Waals surface area contributed by atoms with Crippen molar-refractivity contribution in [3.63, 3.8) is 0 Å². The van der Waals surface area contributed by atoms with Crippen molar-refractivity contribution in [2.45, 2.75) is 104 Å². The predicted molar refractivity (Wildman–Crippen MR) is 111 cm³/mol. The quantitative estimate of drug-likeness (QED) is 0.488. The molecule has 0 bridgehead atoms. The molecule has 1 saturated heterocycles.